The molecule has 8 fully saturated rings. The Labute approximate surface area is 246 Å². The van der Waals surface area contributed by atoms with E-state index < -0.39 is 0 Å². The molecule has 2 saturated heterocycles. The maximum absolute atomic E-state index is 5.48. The summed E-state index contributed by atoms with van der Waals surface area (Å²) in [5.41, 5.74) is 0. The van der Waals surface area contributed by atoms with E-state index in [2.05, 4.69) is 65.8 Å². The fourth-order valence-electron chi connectivity index (χ4n) is 12.1. The summed E-state index contributed by atoms with van der Waals surface area (Å²) in [6, 6.07) is 0. The summed E-state index contributed by atoms with van der Waals surface area (Å²) >= 11 is 0. The average molecular weight is 549 g/mol. The molecule has 0 spiro atoms. The van der Waals surface area contributed by atoms with E-state index in [-0.39, 0.29) is 0 Å². The summed E-state index contributed by atoms with van der Waals surface area (Å²) in [7, 11) is 0. The number of hydrogen-bond donors (Lipinski definition) is 0. The molecular formula is C38H60O2. The Bertz CT molecular complexity index is 905. The van der Waals surface area contributed by atoms with Gasteiger partial charge in [-0.1, -0.05) is 65.8 Å². The lowest BCUT2D eigenvalue weighted by Crippen LogP contribution is -2.27. The van der Waals surface area contributed by atoms with Crippen LogP contribution in [0.15, 0.2) is 24.3 Å². The molecule has 0 radical (unpaired) electrons. The molecule has 8 aliphatic carbocycles. The second kappa shape index (κ2) is 11.2. The number of epoxide rings is 2. The molecule has 10 aliphatic rings. The molecule has 0 aromatic heterocycles. The zero-order valence-corrected chi connectivity index (χ0v) is 26.6. The topological polar surface area (TPSA) is 25.1 Å². The first-order valence-corrected chi connectivity index (χ1v) is 17.9. The average Bonchev–Trinajstić information content (AvgIpc) is 3.49. The fraction of sp³-hybridized carbons (Fsp3) is 0.895. The van der Waals surface area contributed by atoms with Gasteiger partial charge in [0, 0.05) is 0 Å². The Hall–Kier alpha value is -0.600. The fourth-order valence-corrected chi connectivity index (χ4v) is 12.1. The van der Waals surface area contributed by atoms with Gasteiger partial charge in [0.25, 0.3) is 0 Å². The predicted molar refractivity (Wildman–Crippen MR) is 165 cm³/mol. The normalized spacial score (nSPS) is 57.9. The first-order chi connectivity index (χ1) is 19.3. The molecule has 6 saturated carbocycles. The van der Waals surface area contributed by atoms with E-state index in [1.165, 1.54) is 51.4 Å². The first-order valence-electron chi connectivity index (χ1n) is 17.9. The third kappa shape index (κ3) is 5.22. The highest BCUT2D eigenvalue weighted by Gasteiger charge is 2.57. The molecule has 2 heterocycles. The Morgan fingerprint density at radius 2 is 0.975 bits per heavy atom. The molecule has 2 nitrogen and oxygen atoms in total. The van der Waals surface area contributed by atoms with Gasteiger partial charge in [-0.2, -0.15) is 0 Å². The molecule has 0 aromatic rings. The van der Waals surface area contributed by atoms with Crippen molar-refractivity contribution in [2.24, 2.45) is 94.7 Å². The Balaban J connectivity index is 0.0000000900. The molecule has 17 atom stereocenters. The Kier molecular flexibility index (Phi) is 7.86. The number of ether oxygens (including phenoxy) is 2. The molecule has 0 amide bonds. The van der Waals surface area contributed by atoms with Crippen molar-refractivity contribution in [1.29, 1.82) is 0 Å². The molecule has 2 aliphatic heterocycles. The molecule has 40 heavy (non-hydrogen) atoms. The molecular weight excluding hydrogens is 488 g/mol. The maximum Gasteiger partial charge on any atom is 0.0843 e. The molecule has 0 N–H and O–H groups in total. The standard InChI is InChI=1S/C12H20O.C10H18.C9H12O.C7H10/c1-6-7(2)12-8(3)9(6)4-10(12)11-5-13-11;1-6-7(2)10-5-4-9(6)8(10)3;1-2-7-3-6(1)4-8(7)9-5-10-9;1-2-7-4-3-6(1)5-7/h6-12H,4-5H2,1-3H3;6-10H,4-5H2,1-3H3;1-2,6-9H,3-5H2;1-2,6-7H,3-5H2. The van der Waals surface area contributed by atoms with Crippen LogP contribution in [0.5, 0.6) is 0 Å². The van der Waals surface area contributed by atoms with Gasteiger partial charge in [0.15, 0.2) is 0 Å². The molecule has 10 rings (SSSR count). The lowest BCUT2D eigenvalue weighted by molar-refractivity contribution is 0.156. The van der Waals surface area contributed by atoms with E-state index in [1.54, 1.807) is 0 Å². The highest BCUT2D eigenvalue weighted by Crippen LogP contribution is 2.60. The smallest absolute Gasteiger partial charge is 0.0843 e. The summed E-state index contributed by atoms with van der Waals surface area (Å²) in [5, 5.41) is 0. The lowest BCUT2D eigenvalue weighted by atomic mass is 9.74. The number of fused-ring (bicyclic) bond motifs is 8. The molecule has 17 unspecified atom stereocenters. The lowest BCUT2D eigenvalue weighted by Gasteiger charge is -2.30. The van der Waals surface area contributed by atoms with Gasteiger partial charge in [0.2, 0.25) is 0 Å². The quantitative estimate of drug-likeness (QED) is 0.254. The summed E-state index contributed by atoms with van der Waals surface area (Å²) in [6.45, 7) is 16.8. The van der Waals surface area contributed by atoms with Gasteiger partial charge in [-0.15, -0.1) is 0 Å². The molecule has 0 aromatic carbocycles. The van der Waals surface area contributed by atoms with E-state index in [0.717, 1.165) is 108 Å². The van der Waals surface area contributed by atoms with Crippen LogP contribution in [0.3, 0.4) is 0 Å². The van der Waals surface area contributed by atoms with Crippen LogP contribution in [0.1, 0.15) is 92.9 Å². The molecule has 2 heteroatoms. The Morgan fingerprint density at radius 1 is 0.425 bits per heavy atom. The van der Waals surface area contributed by atoms with Crippen molar-refractivity contribution in [3.05, 3.63) is 24.3 Å². The van der Waals surface area contributed by atoms with E-state index >= 15 is 0 Å². The van der Waals surface area contributed by atoms with Crippen LogP contribution in [0.25, 0.3) is 0 Å². The summed E-state index contributed by atoms with van der Waals surface area (Å²) in [6.07, 6.45) is 22.6. The summed E-state index contributed by atoms with van der Waals surface area (Å²) in [4.78, 5) is 0. The van der Waals surface area contributed by atoms with E-state index in [4.69, 9.17) is 9.47 Å². The van der Waals surface area contributed by atoms with Crippen molar-refractivity contribution in [3.63, 3.8) is 0 Å². The summed E-state index contributed by atoms with van der Waals surface area (Å²) < 4.78 is 10.8. The van der Waals surface area contributed by atoms with Crippen LogP contribution in [-0.4, -0.2) is 25.4 Å². The largest absolute Gasteiger partial charge is 0.373 e. The van der Waals surface area contributed by atoms with Gasteiger partial charge >= 0.3 is 0 Å². The van der Waals surface area contributed by atoms with Crippen molar-refractivity contribution in [1.82, 2.24) is 0 Å². The van der Waals surface area contributed by atoms with E-state index in [1.807, 2.05) is 0 Å². The van der Waals surface area contributed by atoms with Crippen LogP contribution in [0.4, 0.5) is 0 Å². The monoisotopic (exact) mass is 548 g/mol. The minimum Gasteiger partial charge on any atom is -0.373 e. The van der Waals surface area contributed by atoms with Gasteiger partial charge < -0.3 is 9.47 Å². The second-order valence-electron chi connectivity index (χ2n) is 16.6. The third-order valence-electron chi connectivity index (χ3n) is 15.0. The van der Waals surface area contributed by atoms with Crippen molar-refractivity contribution in [3.8, 4) is 0 Å². The van der Waals surface area contributed by atoms with Crippen molar-refractivity contribution in [2.45, 2.75) is 105 Å². The predicted octanol–water partition coefficient (Wildman–Crippen LogP) is 9.06. The van der Waals surface area contributed by atoms with Gasteiger partial charge in [0.05, 0.1) is 25.4 Å². The minimum absolute atomic E-state index is 0.653. The van der Waals surface area contributed by atoms with E-state index in [0.29, 0.717) is 12.2 Å². The number of rotatable bonds is 2. The molecule has 8 bridgehead atoms. The summed E-state index contributed by atoms with van der Waals surface area (Å²) in [5.74, 6) is 15.7. The van der Waals surface area contributed by atoms with Crippen LogP contribution >= 0.6 is 0 Å². The van der Waals surface area contributed by atoms with Crippen LogP contribution in [0, 0.1) is 94.7 Å². The van der Waals surface area contributed by atoms with Gasteiger partial charge in [-0.3, -0.25) is 0 Å². The third-order valence-corrected chi connectivity index (χ3v) is 15.0. The van der Waals surface area contributed by atoms with Crippen molar-refractivity contribution < 1.29 is 9.47 Å². The first kappa shape index (κ1) is 28.2. The Morgan fingerprint density at radius 3 is 1.32 bits per heavy atom. The van der Waals surface area contributed by atoms with Crippen molar-refractivity contribution >= 4 is 0 Å². The SMILES string of the molecule is C1=CC2CC1CC2C1CO1.C1=CC2CCC1C2.CC1C(C)C2C(C)C1CC2C1CO1.CC1C(C)C2CCC1C2C. The number of allylic oxidation sites excluding steroid dienone is 4. The van der Waals surface area contributed by atoms with Crippen LogP contribution < -0.4 is 0 Å². The second-order valence-corrected chi connectivity index (χ2v) is 16.6. The van der Waals surface area contributed by atoms with Gasteiger partial charge in [0.1, 0.15) is 0 Å². The zero-order chi connectivity index (χ0) is 27.7. The van der Waals surface area contributed by atoms with Crippen LogP contribution in [0.2, 0.25) is 0 Å². The van der Waals surface area contributed by atoms with Gasteiger partial charge in [-0.05, 0) is 146 Å². The highest BCUT2D eigenvalue weighted by molar-refractivity contribution is 5.12. The number of hydrogen-bond acceptors (Lipinski definition) is 2. The maximum atomic E-state index is 5.48. The van der Waals surface area contributed by atoms with Crippen LogP contribution in [-0.2, 0) is 9.47 Å². The van der Waals surface area contributed by atoms with Gasteiger partial charge in [-0.25, -0.2) is 0 Å². The van der Waals surface area contributed by atoms with Crippen molar-refractivity contribution in [2.75, 3.05) is 13.2 Å². The van der Waals surface area contributed by atoms with E-state index in [9.17, 15) is 0 Å². The highest BCUT2D eigenvalue weighted by atomic mass is 16.6. The minimum atomic E-state index is 0.653. The molecule has 224 valence electrons. The zero-order valence-electron chi connectivity index (χ0n) is 26.6.